The molecule has 0 aliphatic rings. The van der Waals surface area contributed by atoms with Crippen LogP contribution in [0.15, 0.2) is 47.8 Å². The summed E-state index contributed by atoms with van der Waals surface area (Å²) in [5.41, 5.74) is -4.90. The number of alkyl halides is 3. The van der Waals surface area contributed by atoms with E-state index in [2.05, 4.69) is 9.97 Å². The van der Waals surface area contributed by atoms with Crippen molar-refractivity contribution in [1.29, 1.82) is 0 Å². The Kier molecular flexibility index (Phi) is 4.36. The average molecular weight is 331 g/mol. The molecule has 0 radical (unpaired) electrons. The maximum atomic E-state index is 12.8. The molecular formula is C13H12F3N3O2S. The first kappa shape index (κ1) is 16.2. The summed E-state index contributed by atoms with van der Waals surface area (Å²) in [5.74, 6) is 0. The van der Waals surface area contributed by atoms with Gasteiger partial charge in [0.05, 0.1) is 29.0 Å². The summed E-state index contributed by atoms with van der Waals surface area (Å²) in [4.78, 5) is 8.46. The Morgan fingerprint density at radius 3 is 2.45 bits per heavy atom. The second kappa shape index (κ2) is 5.91. The SMILES string of the molecule is CN(Cc1cnccn1)c1ccccc1S(=O)(=O)C(F)(F)F. The normalized spacial score (nSPS) is 12.2. The van der Waals surface area contributed by atoms with Gasteiger partial charge < -0.3 is 4.90 Å². The summed E-state index contributed by atoms with van der Waals surface area (Å²) in [5, 5.41) is 0. The number of rotatable bonds is 4. The molecule has 0 atom stereocenters. The van der Waals surface area contributed by atoms with Gasteiger partial charge in [0, 0.05) is 19.4 Å². The van der Waals surface area contributed by atoms with E-state index in [0.717, 1.165) is 6.07 Å². The summed E-state index contributed by atoms with van der Waals surface area (Å²) < 4.78 is 61.6. The van der Waals surface area contributed by atoms with Gasteiger partial charge in [0.1, 0.15) is 0 Å². The summed E-state index contributed by atoms with van der Waals surface area (Å²) >= 11 is 0. The predicted octanol–water partition coefficient (Wildman–Crippen LogP) is 2.41. The number of aromatic nitrogens is 2. The fourth-order valence-electron chi connectivity index (χ4n) is 1.86. The van der Waals surface area contributed by atoms with Gasteiger partial charge in [-0.05, 0) is 12.1 Å². The summed E-state index contributed by atoms with van der Waals surface area (Å²) in [6.45, 7) is 0.123. The number of benzene rings is 1. The smallest absolute Gasteiger partial charge is 0.368 e. The van der Waals surface area contributed by atoms with Crippen molar-refractivity contribution >= 4 is 15.5 Å². The van der Waals surface area contributed by atoms with Crippen LogP contribution in [-0.2, 0) is 16.4 Å². The van der Waals surface area contributed by atoms with Crippen molar-refractivity contribution in [2.24, 2.45) is 0 Å². The van der Waals surface area contributed by atoms with Gasteiger partial charge >= 0.3 is 5.51 Å². The Morgan fingerprint density at radius 1 is 1.18 bits per heavy atom. The van der Waals surface area contributed by atoms with E-state index < -0.39 is 20.2 Å². The summed E-state index contributed by atoms with van der Waals surface area (Å²) in [6, 6.07) is 4.97. The first-order chi connectivity index (χ1) is 10.2. The molecular weight excluding hydrogens is 319 g/mol. The van der Waals surface area contributed by atoms with Gasteiger partial charge in [0.25, 0.3) is 9.84 Å². The van der Waals surface area contributed by atoms with E-state index in [1.54, 1.807) is 0 Å². The number of halogens is 3. The quantitative estimate of drug-likeness (QED) is 0.861. The maximum Gasteiger partial charge on any atom is 0.501 e. The minimum atomic E-state index is -5.42. The molecule has 0 aliphatic carbocycles. The van der Waals surface area contributed by atoms with Crippen LogP contribution in [0.25, 0.3) is 0 Å². The van der Waals surface area contributed by atoms with Gasteiger partial charge in [-0.25, -0.2) is 8.42 Å². The van der Waals surface area contributed by atoms with E-state index in [1.165, 1.54) is 48.7 Å². The van der Waals surface area contributed by atoms with Gasteiger partial charge in [0.2, 0.25) is 0 Å². The summed E-state index contributed by atoms with van der Waals surface area (Å²) in [6.07, 6.45) is 4.37. The molecule has 118 valence electrons. The van der Waals surface area contributed by atoms with Crippen molar-refractivity contribution in [1.82, 2.24) is 9.97 Å². The lowest BCUT2D eigenvalue weighted by atomic mass is 10.3. The molecule has 1 aromatic heterocycles. The van der Waals surface area contributed by atoms with Crippen LogP contribution in [0, 0.1) is 0 Å². The third kappa shape index (κ3) is 3.19. The molecule has 1 aromatic carbocycles. The van der Waals surface area contributed by atoms with Gasteiger partial charge in [-0.15, -0.1) is 0 Å². The Hall–Kier alpha value is -2.16. The number of anilines is 1. The number of sulfone groups is 1. The minimum absolute atomic E-state index is 0.0505. The van der Waals surface area contributed by atoms with Crippen LogP contribution in [0.3, 0.4) is 0 Å². The number of hydrogen-bond acceptors (Lipinski definition) is 5. The highest BCUT2D eigenvalue weighted by Gasteiger charge is 2.48. The average Bonchev–Trinajstić information content (AvgIpc) is 2.47. The Morgan fingerprint density at radius 2 is 1.86 bits per heavy atom. The molecule has 0 saturated heterocycles. The molecule has 0 fully saturated rings. The molecule has 9 heteroatoms. The molecule has 0 unspecified atom stereocenters. The van der Waals surface area contributed by atoms with Crippen molar-refractivity contribution in [3.63, 3.8) is 0 Å². The lowest BCUT2D eigenvalue weighted by molar-refractivity contribution is -0.0435. The van der Waals surface area contributed by atoms with Crippen LogP contribution in [0.4, 0.5) is 18.9 Å². The number of nitrogens with zero attached hydrogens (tertiary/aromatic N) is 3. The van der Waals surface area contributed by atoms with Crippen molar-refractivity contribution in [2.45, 2.75) is 16.9 Å². The molecule has 0 saturated carbocycles. The fraction of sp³-hybridized carbons (Fsp3) is 0.231. The van der Waals surface area contributed by atoms with Crippen LogP contribution in [0.5, 0.6) is 0 Å². The van der Waals surface area contributed by atoms with Crippen molar-refractivity contribution in [3.8, 4) is 0 Å². The van der Waals surface area contributed by atoms with E-state index in [0.29, 0.717) is 5.69 Å². The third-order valence-electron chi connectivity index (χ3n) is 2.89. The van der Waals surface area contributed by atoms with E-state index in [4.69, 9.17) is 0 Å². The van der Waals surface area contributed by atoms with Crippen LogP contribution in [-0.4, -0.2) is 30.9 Å². The largest absolute Gasteiger partial charge is 0.501 e. The molecule has 2 aromatic rings. The van der Waals surface area contributed by atoms with Crippen molar-refractivity contribution < 1.29 is 21.6 Å². The first-order valence-electron chi connectivity index (χ1n) is 6.10. The highest BCUT2D eigenvalue weighted by Crippen LogP contribution is 2.35. The zero-order valence-electron chi connectivity index (χ0n) is 11.4. The molecule has 2 rings (SSSR count). The zero-order valence-corrected chi connectivity index (χ0v) is 12.3. The Balaban J connectivity index is 2.41. The molecule has 0 spiro atoms. The second-order valence-electron chi connectivity index (χ2n) is 4.47. The molecule has 0 aliphatic heterocycles. The fourth-order valence-corrected chi connectivity index (χ4v) is 2.87. The highest BCUT2D eigenvalue weighted by atomic mass is 32.2. The third-order valence-corrected chi connectivity index (χ3v) is 4.42. The monoisotopic (exact) mass is 331 g/mol. The van der Waals surface area contributed by atoms with Gasteiger partial charge in [-0.3, -0.25) is 9.97 Å². The minimum Gasteiger partial charge on any atom is -0.368 e. The molecule has 1 heterocycles. The van der Waals surface area contributed by atoms with Crippen molar-refractivity contribution in [3.05, 3.63) is 48.5 Å². The number of para-hydroxylation sites is 1. The first-order valence-corrected chi connectivity index (χ1v) is 7.58. The van der Waals surface area contributed by atoms with Crippen LogP contribution >= 0.6 is 0 Å². The molecule has 5 nitrogen and oxygen atoms in total. The lowest BCUT2D eigenvalue weighted by Crippen LogP contribution is -2.27. The molecule has 0 N–H and O–H groups in total. The van der Waals surface area contributed by atoms with Crippen molar-refractivity contribution in [2.75, 3.05) is 11.9 Å². The van der Waals surface area contributed by atoms with E-state index in [1.807, 2.05) is 0 Å². The molecule has 0 bridgehead atoms. The Bertz CT molecular complexity index is 749. The van der Waals surface area contributed by atoms with Crippen LogP contribution < -0.4 is 4.90 Å². The van der Waals surface area contributed by atoms with Crippen LogP contribution in [0.1, 0.15) is 5.69 Å². The van der Waals surface area contributed by atoms with E-state index >= 15 is 0 Å². The van der Waals surface area contributed by atoms with E-state index in [-0.39, 0.29) is 12.2 Å². The van der Waals surface area contributed by atoms with E-state index in [9.17, 15) is 21.6 Å². The molecule has 0 amide bonds. The summed E-state index contributed by atoms with van der Waals surface area (Å²) in [7, 11) is -3.94. The lowest BCUT2D eigenvalue weighted by Gasteiger charge is -2.22. The number of hydrogen-bond donors (Lipinski definition) is 0. The van der Waals surface area contributed by atoms with Crippen LogP contribution in [0.2, 0.25) is 0 Å². The van der Waals surface area contributed by atoms with Gasteiger partial charge in [0.15, 0.2) is 0 Å². The predicted molar refractivity (Wildman–Crippen MR) is 73.8 cm³/mol. The highest BCUT2D eigenvalue weighted by molar-refractivity contribution is 7.92. The van der Waals surface area contributed by atoms with Gasteiger partial charge in [-0.2, -0.15) is 13.2 Å². The molecule has 22 heavy (non-hydrogen) atoms. The maximum absolute atomic E-state index is 12.8. The zero-order chi connectivity index (χ0) is 16.4. The standard InChI is InChI=1S/C13H12F3N3O2S/c1-19(9-10-8-17-6-7-18-10)11-4-2-3-5-12(11)22(20,21)13(14,15)16/h2-8H,9H2,1H3. The topological polar surface area (TPSA) is 63.2 Å². The van der Waals surface area contributed by atoms with Gasteiger partial charge in [-0.1, -0.05) is 12.1 Å². The second-order valence-corrected chi connectivity index (χ2v) is 6.38. The Labute approximate surface area is 125 Å².